The zero-order chi connectivity index (χ0) is 15.2. The zero-order valence-electron chi connectivity index (χ0n) is 11.6. The van der Waals surface area contributed by atoms with Gasteiger partial charge < -0.3 is 14.6 Å². The molecular weight excluding hydrogens is 356 g/mol. The van der Waals surface area contributed by atoms with Crippen LogP contribution in [0, 0.1) is 0 Å². The van der Waals surface area contributed by atoms with Crippen molar-refractivity contribution < 1.29 is 14.6 Å². The van der Waals surface area contributed by atoms with Gasteiger partial charge in [-0.05, 0) is 39.7 Å². The van der Waals surface area contributed by atoms with Crippen LogP contribution in [0.2, 0.25) is 5.02 Å². The van der Waals surface area contributed by atoms with Gasteiger partial charge in [-0.2, -0.15) is 0 Å². The van der Waals surface area contributed by atoms with Crippen LogP contribution in [0.5, 0.6) is 5.75 Å². The highest BCUT2D eigenvalue weighted by Gasteiger charge is 2.16. The quantitative estimate of drug-likeness (QED) is 0.773. The highest BCUT2D eigenvalue weighted by Crippen LogP contribution is 2.33. The van der Waals surface area contributed by atoms with E-state index in [-0.39, 0.29) is 0 Å². The molecule has 0 aliphatic heterocycles. The van der Waals surface area contributed by atoms with Crippen molar-refractivity contribution in [3.8, 4) is 5.75 Å². The molecule has 2 aromatic rings. The van der Waals surface area contributed by atoms with Crippen molar-refractivity contribution in [3.63, 3.8) is 0 Å². The van der Waals surface area contributed by atoms with Gasteiger partial charge in [-0.1, -0.05) is 35.9 Å². The van der Waals surface area contributed by atoms with Crippen molar-refractivity contribution in [2.75, 3.05) is 20.3 Å². The lowest BCUT2D eigenvalue weighted by Gasteiger charge is -2.17. The average Bonchev–Trinajstić information content (AvgIpc) is 2.50. The smallest absolute Gasteiger partial charge is 0.125 e. The number of para-hydroxylation sites is 1. The monoisotopic (exact) mass is 370 g/mol. The summed E-state index contributed by atoms with van der Waals surface area (Å²) in [6.07, 6.45) is -0.780. The summed E-state index contributed by atoms with van der Waals surface area (Å²) in [6.45, 7) is 0.932. The maximum absolute atomic E-state index is 10.6. The van der Waals surface area contributed by atoms with Crippen LogP contribution in [0.1, 0.15) is 17.2 Å². The lowest BCUT2D eigenvalue weighted by Crippen LogP contribution is -2.08. The van der Waals surface area contributed by atoms with E-state index < -0.39 is 6.10 Å². The predicted molar refractivity (Wildman–Crippen MR) is 87.0 cm³/mol. The third-order valence-electron chi connectivity index (χ3n) is 3.02. The van der Waals surface area contributed by atoms with Crippen molar-refractivity contribution in [2.24, 2.45) is 0 Å². The predicted octanol–water partition coefficient (Wildman–Crippen LogP) is 4.21. The topological polar surface area (TPSA) is 38.7 Å². The molecule has 3 nitrogen and oxygen atoms in total. The van der Waals surface area contributed by atoms with Crippen molar-refractivity contribution >= 4 is 27.5 Å². The number of methoxy groups -OCH3 is 1. The summed E-state index contributed by atoms with van der Waals surface area (Å²) in [4.78, 5) is 0. The van der Waals surface area contributed by atoms with Crippen LogP contribution in [-0.2, 0) is 4.74 Å². The first kappa shape index (κ1) is 16.3. The summed E-state index contributed by atoms with van der Waals surface area (Å²) in [5.41, 5.74) is 1.46. The minimum atomic E-state index is -0.780. The number of halogens is 2. The molecule has 0 spiro atoms. The number of benzene rings is 2. The molecule has 1 unspecified atom stereocenters. The van der Waals surface area contributed by atoms with E-state index in [4.69, 9.17) is 21.1 Å². The van der Waals surface area contributed by atoms with Crippen LogP contribution in [-0.4, -0.2) is 25.4 Å². The Morgan fingerprint density at radius 2 is 1.95 bits per heavy atom. The molecular formula is C16H16BrClO3. The fourth-order valence-electron chi connectivity index (χ4n) is 1.93. The Morgan fingerprint density at radius 3 is 2.67 bits per heavy atom. The number of hydrogen-bond donors (Lipinski definition) is 1. The minimum absolute atomic E-state index is 0.435. The van der Waals surface area contributed by atoms with Gasteiger partial charge in [0.2, 0.25) is 0 Å². The Kier molecular flexibility index (Phi) is 6.06. The van der Waals surface area contributed by atoms with E-state index in [1.807, 2.05) is 24.3 Å². The third-order valence-corrected chi connectivity index (χ3v) is 4.23. The molecule has 1 atom stereocenters. The zero-order valence-corrected chi connectivity index (χ0v) is 13.9. The normalized spacial score (nSPS) is 12.2. The van der Waals surface area contributed by atoms with Crippen LogP contribution in [0.25, 0.3) is 0 Å². The van der Waals surface area contributed by atoms with E-state index in [2.05, 4.69) is 15.9 Å². The largest absolute Gasteiger partial charge is 0.491 e. The van der Waals surface area contributed by atoms with Gasteiger partial charge >= 0.3 is 0 Å². The van der Waals surface area contributed by atoms with Gasteiger partial charge in [-0.3, -0.25) is 0 Å². The fraction of sp³-hybridized carbons (Fsp3) is 0.250. The molecule has 0 amide bonds. The van der Waals surface area contributed by atoms with Crippen LogP contribution < -0.4 is 4.74 Å². The van der Waals surface area contributed by atoms with E-state index >= 15 is 0 Å². The lowest BCUT2D eigenvalue weighted by molar-refractivity contribution is 0.142. The highest BCUT2D eigenvalue weighted by molar-refractivity contribution is 9.10. The third kappa shape index (κ3) is 4.20. The first-order valence-electron chi connectivity index (χ1n) is 6.47. The number of aliphatic hydroxyl groups excluding tert-OH is 1. The summed E-state index contributed by atoms with van der Waals surface area (Å²) in [6, 6.07) is 12.8. The highest BCUT2D eigenvalue weighted by atomic mass is 79.9. The van der Waals surface area contributed by atoms with Crippen LogP contribution in [0.15, 0.2) is 46.9 Å². The number of ether oxygens (including phenoxy) is 2. The van der Waals surface area contributed by atoms with Crippen molar-refractivity contribution in [1.29, 1.82) is 0 Å². The Balaban J connectivity index is 2.25. The van der Waals surface area contributed by atoms with Gasteiger partial charge in [0, 0.05) is 17.1 Å². The second kappa shape index (κ2) is 7.80. The first-order chi connectivity index (χ1) is 10.1. The van der Waals surface area contributed by atoms with E-state index in [1.165, 1.54) is 0 Å². The minimum Gasteiger partial charge on any atom is -0.491 e. The molecule has 0 fully saturated rings. The molecule has 112 valence electrons. The average molecular weight is 372 g/mol. The lowest BCUT2D eigenvalue weighted by atomic mass is 10.0. The van der Waals surface area contributed by atoms with E-state index in [1.54, 1.807) is 25.3 Å². The molecule has 0 saturated carbocycles. The summed E-state index contributed by atoms with van der Waals surface area (Å²) in [7, 11) is 1.62. The number of aliphatic hydroxyl groups is 1. The Hall–Kier alpha value is -1.07. The van der Waals surface area contributed by atoms with Gasteiger partial charge in [0.25, 0.3) is 0 Å². The van der Waals surface area contributed by atoms with Gasteiger partial charge in [0.15, 0.2) is 0 Å². The molecule has 0 aliphatic rings. The van der Waals surface area contributed by atoms with Crippen molar-refractivity contribution in [2.45, 2.75) is 6.10 Å². The Bertz CT molecular complexity index is 604. The van der Waals surface area contributed by atoms with Gasteiger partial charge in [-0.15, -0.1) is 0 Å². The SMILES string of the molecule is COCCOc1ccccc1C(O)c1ccc(Cl)c(Br)c1. The molecule has 2 aromatic carbocycles. The van der Waals surface area contributed by atoms with E-state index in [9.17, 15) is 5.11 Å². The first-order valence-corrected chi connectivity index (χ1v) is 7.64. The molecule has 0 saturated heterocycles. The van der Waals surface area contributed by atoms with Crippen molar-refractivity contribution in [1.82, 2.24) is 0 Å². The van der Waals surface area contributed by atoms with E-state index in [0.717, 1.165) is 10.0 Å². The second-order valence-electron chi connectivity index (χ2n) is 4.46. The molecule has 0 radical (unpaired) electrons. The molecule has 0 aliphatic carbocycles. The summed E-state index contributed by atoms with van der Waals surface area (Å²) >= 11 is 9.35. The Morgan fingerprint density at radius 1 is 1.19 bits per heavy atom. The summed E-state index contributed by atoms with van der Waals surface area (Å²) in [5, 5.41) is 11.2. The molecule has 2 rings (SSSR count). The molecule has 0 bridgehead atoms. The summed E-state index contributed by atoms with van der Waals surface area (Å²) < 4.78 is 11.4. The summed E-state index contributed by atoms with van der Waals surface area (Å²) in [5.74, 6) is 0.646. The molecule has 21 heavy (non-hydrogen) atoms. The van der Waals surface area contributed by atoms with Crippen LogP contribution in [0.3, 0.4) is 0 Å². The molecule has 0 heterocycles. The molecule has 0 aromatic heterocycles. The standard InChI is InChI=1S/C16H16BrClO3/c1-20-8-9-21-15-5-3-2-4-12(15)16(19)11-6-7-14(18)13(17)10-11/h2-7,10,16,19H,8-9H2,1H3. The number of rotatable bonds is 6. The molecule has 5 heteroatoms. The second-order valence-corrected chi connectivity index (χ2v) is 5.72. The maximum Gasteiger partial charge on any atom is 0.125 e. The van der Waals surface area contributed by atoms with Gasteiger partial charge in [0.05, 0.1) is 11.6 Å². The van der Waals surface area contributed by atoms with Gasteiger partial charge in [0.1, 0.15) is 18.5 Å². The fourth-order valence-corrected chi connectivity index (χ4v) is 2.45. The number of hydrogen-bond acceptors (Lipinski definition) is 3. The van der Waals surface area contributed by atoms with Crippen molar-refractivity contribution in [3.05, 3.63) is 63.1 Å². The maximum atomic E-state index is 10.6. The molecule has 1 N–H and O–H groups in total. The van der Waals surface area contributed by atoms with Crippen LogP contribution in [0.4, 0.5) is 0 Å². The Labute approximate surface area is 137 Å². The van der Waals surface area contributed by atoms with E-state index in [0.29, 0.717) is 29.5 Å². The van der Waals surface area contributed by atoms with Gasteiger partial charge in [-0.25, -0.2) is 0 Å². The van der Waals surface area contributed by atoms with Crippen LogP contribution >= 0.6 is 27.5 Å².